The number of rotatable bonds is 5. The zero-order chi connectivity index (χ0) is 12.8. The lowest BCUT2D eigenvalue weighted by Crippen LogP contribution is -2.09. The normalized spacial score (nSPS) is 10.6. The number of carbonyl (C=O) groups is 1. The Morgan fingerprint density at radius 2 is 2.12 bits per heavy atom. The van der Waals surface area contributed by atoms with E-state index in [1.54, 1.807) is 18.2 Å². The topological polar surface area (TPSA) is 52.3 Å². The minimum absolute atomic E-state index is 0.279. The predicted octanol–water partition coefficient (Wildman–Crippen LogP) is 3.17. The molecule has 1 aromatic rings. The minimum atomic E-state index is -0.279. The molecule has 0 aliphatic carbocycles. The predicted molar refractivity (Wildman–Crippen MR) is 69.9 cm³/mol. The molecule has 2 N–H and O–H groups in total. The van der Waals surface area contributed by atoms with Crippen LogP contribution in [0.3, 0.4) is 0 Å². The molecule has 0 atom stereocenters. The van der Waals surface area contributed by atoms with E-state index in [0.717, 1.165) is 18.4 Å². The summed E-state index contributed by atoms with van der Waals surface area (Å²) in [7, 11) is 0. The van der Waals surface area contributed by atoms with Crippen LogP contribution in [0.25, 0.3) is 0 Å². The van der Waals surface area contributed by atoms with Gasteiger partial charge in [-0.2, -0.15) is 0 Å². The van der Waals surface area contributed by atoms with Gasteiger partial charge >= 0.3 is 5.97 Å². The summed E-state index contributed by atoms with van der Waals surface area (Å²) < 4.78 is 5.22. The molecular weight excluding hydrogens is 214 g/mol. The second-order valence-corrected chi connectivity index (χ2v) is 4.69. The third kappa shape index (κ3) is 4.10. The molecule has 0 saturated heterocycles. The Morgan fingerprint density at radius 3 is 2.76 bits per heavy atom. The van der Waals surface area contributed by atoms with Crippen LogP contribution < -0.4 is 5.73 Å². The number of nitrogen functional groups attached to an aromatic ring is 1. The second-order valence-electron chi connectivity index (χ2n) is 4.69. The molecule has 17 heavy (non-hydrogen) atoms. The molecule has 0 heterocycles. The van der Waals surface area contributed by atoms with Gasteiger partial charge in [-0.05, 0) is 43.4 Å². The van der Waals surface area contributed by atoms with Gasteiger partial charge in [-0.15, -0.1) is 0 Å². The van der Waals surface area contributed by atoms with Gasteiger partial charge in [0.25, 0.3) is 0 Å². The largest absolute Gasteiger partial charge is 0.462 e. The van der Waals surface area contributed by atoms with Crippen LogP contribution in [-0.4, -0.2) is 12.6 Å². The highest BCUT2D eigenvalue weighted by atomic mass is 16.5. The van der Waals surface area contributed by atoms with E-state index in [-0.39, 0.29) is 5.97 Å². The average Bonchev–Trinajstić information content (AvgIpc) is 2.27. The molecule has 0 radical (unpaired) electrons. The summed E-state index contributed by atoms with van der Waals surface area (Å²) in [6.07, 6.45) is 1.98. The van der Waals surface area contributed by atoms with Gasteiger partial charge in [0.05, 0.1) is 12.2 Å². The maximum Gasteiger partial charge on any atom is 0.338 e. The molecule has 3 nitrogen and oxygen atoms in total. The van der Waals surface area contributed by atoms with Crippen LogP contribution in [0.2, 0.25) is 0 Å². The number of anilines is 1. The summed E-state index contributed by atoms with van der Waals surface area (Å²) in [6, 6.07) is 5.30. The van der Waals surface area contributed by atoms with Crippen LogP contribution in [0, 0.1) is 12.8 Å². The van der Waals surface area contributed by atoms with Crippen LogP contribution in [0.1, 0.15) is 42.6 Å². The van der Waals surface area contributed by atoms with Crippen molar-refractivity contribution in [1.29, 1.82) is 0 Å². The Hall–Kier alpha value is -1.51. The first kappa shape index (κ1) is 13.6. The fourth-order valence-electron chi connectivity index (χ4n) is 1.61. The molecule has 0 aliphatic rings. The summed E-state index contributed by atoms with van der Waals surface area (Å²) in [6.45, 7) is 6.62. The van der Waals surface area contributed by atoms with Crippen LogP contribution in [0.15, 0.2) is 18.2 Å². The van der Waals surface area contributed by atoms with Gasteiger partial charge in [-0.25, -0.2) is 4.79 Å². The van der Waals surface area contributed by atoms with E-state index in [1.807, 2.05) is 6.92 Å². The van der Waals surface area contributed by atoms with Crippen LogP contribution in [-0.2, 0) is 4.74 Å². The fraction of sp³-hybridized carbons (Fsp3) is 0.500. The SMILES string of the molecule is Cc1c(N)cccc1C(=O)OCCCC(C)C. The third-order valence-electron chi connectivity index (χ3n) is 2.75. The average molecular weight is 235 g/mol. The quantitative estimate of drug-likeness (QED) is 0.484. The summed E-state index contributed by atoms with van der Waals surface area (Å²) >= 11 is 0. The molecule has 3 heteroatoms. The van der Waals surface area contributed by atoms with E-state index in [2.05, 4.69) is 13.8 Å². The Labute approximate surface area is 103 Å². The number of nitrogens with two attached hydrogens (primary N) is 1. The van der Waals surface area contributed by atoms with Gasteiger partial charge in [0.2, 0.25) is 0 Å². The first-order valence-electron chi connectivity index (χ1n) is 6.04. The highest BCUT2D eigenvalue weighted by Gasteiger charge is 2.11. The molecule has 94 valence electrons. The van der Waals surface area contributed by atoms with Gasteiger partial charge in [0.15, 0.2) is 0 Å². The van der Waals surface area contributed by atoms with Crippen LogP contribution in [0.5, 0.6) is 0 Å². The highest BCUT2D eigenvalue weighted by Crippen LogP contribution is 2.16. The van der Waals surface area contributed by atoms with Crippen LogP contribution >= 0.6 is 0 Å². The maximum absolute atomic E-state index is 11.8. The highest BCUT2D eigenvalue weighted by molar-refractivity contribution is 5.92. The van der Waals surface area contributed by atoms with E-state index >= 15 is 0 Å². The van der Waals surface area contributed by atoms with Gasteiger partial charge in [-0.3, -0.25) is 0 Å². The van der Waals surface area contributed by atoms with Crippen molar-refractivity contribution >= 4 is 11.7 Å². The second kappa shape index (κ2) is 6.28. The standard InChI is InChI=1S/C14H21NO2/c1-10(2)6-5-9-17-14(16)12-7-4-8-13(15)11(12)3/h4,7-8,10H,5-6,9,15H2,1-3H3. The fourth-order valence-corrected chi connectivity index (χ4v) is 1.61. The number of carbonyl (C=O) groups excluding carboxylic acids is 1. The van der Waals surface area contributed by atoms with E-state index in [1.165, 1.54) is 0 Å². The lowest BCUT2D eigenvalue weighted by molar-refractivity contribution is 0.0494. The number of ether oxygens (including phenoxy) is 1. The summed E-state index contributed by atoms with van der Waals surface area (Å²) in [5.41, 5.74) is 7.73. The molecule has 1 rings (SSSR count). The van der Waals surface area contributed by atoms with Crippen molar-refractivity contribution in [2.24, 2.45) is 5.92 Å². The molecule has 0 amide bonds. The van der Waals surface area contributed by atoms with Gasteiger partial charge in [-0.1, -0.05) is 19.9 Å². The van der Waals surface area contributed by atoms with Gasteiger partial charge in [0, 0.05) is 5.69 Å². The van der Waals surface area contributed by atoms with Crippen molar-refractivity contribution in [3.05, 3.63) is 29.3 Å². The van der Waals surface area contributed by atoms with Crippen molar-refractivity contribution in [3.8, 4) is 0 Å². The monoisotopic (exact) mass is 235 g/mol. The van der Waals surface area contributed by atoms with Gasteiger partial charge in [0.1, 0.15) is 0 Å². The summed E-state index contributed by atoms with van der Waals surface area (Å²) in [5.74, 6) is 0.362. The van der Waals surface area contributed by atoms with E-state index < -0.39 is 0 Å². The lowest BCUT2D eigenvalue weighted by Gasteiger charge is -2.09. The zero-order valence-corrected chi connectivity index (χ0v) is 10.8. The molecule has 0 bridgehead atoms. The van der Waals surface area contributed by atoms with E-state index in [9.17, 15) is 4.79 Å². The number of esters is 1. The first-order chi connectivity index (χ1) is 8.02. The summed E-state index contributed by atoms with van der Waals surface area (Å²) in [5, 5.41) is 0. The Kier molecular flexibility index (Phi) is 5.01. The molecule has 0 unspecified atom stereocenters. The molecule has 0 aliphatic heterocycles. The van der Waals surface area contributed by atoms with Gasteiger partial charge < -0.3 is 10.5 Å². The van der Waals surface area contributed by atoms with Crippen molar-refractivity contribution < 1.29 is 9.53 Å². The Bertz CT molecular complexity index is 386. The molecule has 0 fully saturated rings. The number of hydrogen-bond acceptors (Lipinski definition) is 3. The third-order valence-corrected chi connectivity index (χ3v) is 2.75. The molecule has 0 aromatic heterocycles. The molecular formula is C14H21NO2. The van der Waals surface area contributed by atoms with Crippen molar-refractivity contribution in [2.45, 2.75) is 33.6 Å². The van der Waals surface area contributed by atoms with Crippen LogP contribution in [0.4, 0.5) is 5.69 Å². The van der Waals surface area contributed by atoms with E-state index in [4.69, 9.17) is 10.5 Å². The van der Waals surface area contributed by atoms with Crippen molar-refractivity contribution in [1.82, 2.24) is 0 Å². The van der Waals surface area contributed by atoms with Crippen molar-refractivity contribution in [2.75, 3.05) is 12.3 Å². The van der Waals surface area contributed by atoms with Crippen molar-refractivity contribution in [3.63, 3.8) is 0 Å². The molecule has 0 spiro atoms. The Balaban J connectivity index is 2.50. The Morgan fingerprint density at radius 1 is 1.41 bits per heavy atom. The van der Waals surface area contributed by atoms with E-state index in [0.29, 0.717) is 23.8 Å². The summed E-state index contributed by atoms with van der Waals surface area (Å²) in [4.78, 5) is 11.8. The number of benzene rings is 1. The zero-order valence-electron chi connectivity index (χ0n) is 10.8. The maximum atomic E-state index is 11.8. The smallest absolute Gasteiger partial charge is 0.338 e. The minimum Gasteiger partial charge on any atom is -0.462 e. The first-order valence-corrected chi connectivity index (χ1v) is 6.04. The molecule has 1 aromatic carbocycles. The lowest BCUT2D eigenvalue weighted by atomic mass is 10.1. The molecule has 0 saturated carbocycles. The number of hydrogen-bond donors (Lipinski definition) is 1.